The van der Waals surface area contributed by atoms with Gasteiger partial charge in [0.15, 0.2) is 5.78 Å². The molecule has 0 atom stereocenters. The van der Waals surface area contributed by atoms with Crippen molar-refractivity contribution in [1.82, 2.24) is 0 Å². The van der Waals surface area contributed by atoms with E-state index in [0.717, 1.165) is 0 Å². The van der Waals surface area contributed by atoms with E-state index in [0.29, 0.717) is 5.56 Å². The quantitative estimate of drug-likeness (QED) is 0.622. The summed E-state index contributed by atoms with van der Waals surface area (Å²) < 4.78 is 28.2. The van der Waals surface area contributed by atoms with Crippen LogP contribution in [0.1, 0.15) is 26.3 Å². The highest BCUT2D eigenvalue weighted by Gasteiger charge is 2.24. The van der Waals surface area contributed by atoms with Crippen LogP contribution in [0.2, 0.25) is 0 Å². The summed E-state index contributed by atoms with van der Waals surface area (Å²) >= 11 is 0. The number of nitriles is 1. The molecule has 1 aromatic carbocycles. The van der Waals surface area contributed by atoms with E-state index in [1.165, 1.54) is 30.3 Å². The van der Waals surface area contributed by atoms with Crippen LogP contribution < -0.4 is 4.74 Å². The topological polar surface area (TPSA) is 50.1 Å². The van der Waals surface area contributed by atoms with Gasteiger partial charge in [0.1, 0.15) is 11.8 Å². The molecule has 1 rings (SSSR count). The maximum absolute atomic E-state index is 12.0. The van der Waals surface area contributed by atoms with Gasteiger partial charge in [-0.15, -0.1) is 0 Å². The van der Waals surface area contributed by atoms with Crippen LogP contribution in [0.25, 0.3) is 6.08 Å². The van der Waals surface area contributed by atoms with Crippen LogP contribution in [0.3, 0.4) is 0 Å². The number of ketones is 1. The summed E-state index contributed by atoms with van der Waals surface area (Å²) in [6, 6.07) is 7.59. The number of benzene rings is 1. The summed E-state index contributed by atoms with van der Waals surface area (Å²) in [4.78, 5) is 12.0. The summed E-state index contributed by atoms with van der Waals surface area (Å²) in [5.74, 6) is -0.245. The zero-order valence-corrected chi connectivity index (χ0v) is 11.5. The first-order valence-electron chi connectivity index (χ1n) is 5.95. The van der Waals surface area contributed by atoms with Gasteiger partial charge in [0, 0.05) is 5.41 Å². The van der Waals surface area contributed by atoms with Gasteiger partial charge in [-0.25, -0.2) is 0 Å². The standard InChI is InChI=1S/C15H15F2NO2/c1-15(2,3)13(19)11(9-18)8-10-4-6-12(7-5-10)20-14(16)17/h4-8,14H,1-3H3/b11-8-. The van der Waals surface area contributed by atoms with Crippen LogP contribution in [0.15, 0.2) is 29.8 Å². The molecular formula is C15H15F2NO2. The van der Waals surface area contributed by atoms with Crippen molar-refractivity contribution in [3.63, 3.8) is 0 Å². The number of rotatable bonds is 4. The van der Waals surface area contributed by atoms with Crippen LogP contribution in [0.4, 0.5) is 8.78 Å². The molecule has 0 aliphatic rings. The van der Waals surface area contributed by atoms with Crippen LogP contribution in [0, 0.1) is 16.7 Å². The Hall–Kier alpha value is -2.22. The second-order valence-electron chi connectivity index (χ2n) is 5.20. The van der Waals surface area contributed by atoms with Crippen molar-refractivity contribution in [3.8, 4) is 11.8 Å². The van der Waals surface area contributed by atoms with Gasteiger partial charge in [-0.3, -0.25) is 4.79 Å². The summed E-state index contributed by atoms with van der Waals surface area (Å²) in [7, 11) is 0. The van der Waals surface area contributed by atoms with E-state index in [1.807, 2.05) is 6.07 Å². The number of nitrogens with zero attached hydrogens (tertiary/aromatic N) is 1. The molecule has 0 unspecified atom stereocenters. The SMILES string of the molecule is CC(C)(C)C(=O)/C(C#N)=C\c1ccc(OC(F)F)cc1. The Kier molecular flexibility index (Phi) is 4.98. The number of hydrogen-bond donors (Lipinski definition) is 0. The maximum Gasteiger partial charge on any atom is 0.387 e. The average Bonchev–Trinajstić information content (AvgIpc) is 2.35. The minimum atomic E-state index is -2.88. The third-order valence-electron chi connectivity index (χ3n) is 2.46. The Morgan fingerprint density at radius 3 is 2.25 bits per heavy atom. The number of carbonyl (C=O) groups excluding carboxylic acids is 1. The Morgan fingerprint density at radius 2 is 1.85 bits per heavy atom. The first-order valence-corrected chi connectivity index (χ1v) is 5.95. The molecule has 0 bridgehead atoms. The molecule has 20 heavy (non-hydrogen) atoms. The number of alkyl halides is 2. The van der Waals surface area contributed by atoms with Crippen LogP contribution >= 0.6 is 0 Å². The summed E-state index contributed by atoms with van der Waals surface area (Å²) in [6.07, 6.45) is 1.43. The van der Waals surface area contributed by atoms with E-state index in [9.17, 15) is 13.6 Å². The molecule has 0 spiro atoms. The van der Waals surface area contributed by atoms with Gasteiger partial charge >= 0.3 is 6.61 Å². The molecular weight excluding hydrogens is 264 g/mol. The van der Waals surface area contributed by atoms with E-state index < -0.39 is 12.0 Å². The van der Waals surface area contributed by atoms with Crippen molar-refractivity contribution in [2.45, 2.75) is 27.4 Å². The second-order valence-corrected chi connectivity index (χ2v) is 5.20. The largest absolute Gasteiger partial charge is 0.435 e. The molecule has 0 aromatic heterocycles. The highest BCUT2D eigenvalue weighted by Crippen LogP contribution is 2.22. The molecule has 3 nitrogen and oxygen atoms in total. The first-order chi connectivity index (χ1) is 9.24. The van der Waals surface area contributed by atoms with Crippen LogP contribution in [0.5, 0.6) is 5.75 Å². The lowest BCUT2D eigenvalue weighted by Crippen LogP contribution is -2.21. The average molecular weight is 279 g/mol. The minimum absolute atomic E-state index is 0.0257. The molecule has 0 aliphatic carbocycles. The number of hydrogen-bond acceptors (Lipinski definition) is 3. The van der Waals surface area contributed by atoms with Gasteiger partial charge < -0.3 is 4.74 Å². The predicted octanol–water partition coefficient (Wildman–Crippen LogP) is 3.81. The fourth-order valence-corrected chi connectivity index (χ4v) is 1.46. The number of allylic oxidation sites excluding steroid dienone is 1. The zero-order valence-electron chi connectivity index (χ0n) is 11.5. The highest BCUT2D eigenvalue weighted by molar-refractivity contribution is 6.06. The van der Waals surface area contributed by atoms with Crippen molar-refractivity contribution in [3.05, 3.63) is 35.4 Å². The van der Waals surface area contributed by atoms with E-state index in [-0.39, 0.29) is 17.1 Å². The van der Waals surface area contributed by atoms with Crippen molar-refractivity contribution < 1.29 is 18.3 Å². The molecule has 0 N–H and O–H groups in total. The molecule has 0 radical (unpaired) electrons. The van der Waals surface area contributed by atoms with Gasteiger partial charge in [-0.05, 0) is 23.8 Å². The van der Waals surface area contributed by atoms with Gasteiger partial charge in [0.2, 0.25) is 0 Å². The van der Waals surface area contributed by atoms with Crippen LogP contribution in [-0.2, 0) is 4.79 Å². The minimum Gasteiger partial charge on any atom is -0.435 e. The molecule has 0 aliphatic heterocycles. The lowest BCUT2D eigenvalue weighted by molar-refractivity contribution is -0.121. The second kappa shape index (κ2) is 6.29. The van der Waals surface area contributed by atoms with Crippen LogP contribution in [-0.4, -0.2) is 12.4 Å². The van der Waals surface area contributed by atoms with Gasteiger partial charge in [-0.2, -0.15) is 14.0 Å². The summed E-state index contributed by atoms with van der Waals surface area (Å²) in [5, 5.41) is 9.03. The number of carbonyl (C=O) groups is 1. The molecule has 5 heteroatoms. The predicted molar refractivity (Wildman–Crippen MR) is 71.1 cm³/mol. The lowest BCUT2D eigenvalue weighted by Gasteiger charge is -2.15. The van der Waals surface area contributed by atoms with E-state index in [4.69, 9.17) is 5.26 Å². The van der Waals surface area contributed by atoms with Gasteiger partial charge in [0.05, 0.1) is 5.57 Å². The third-order valence-corrected chi connectivity index (χ3v) is 2.46. The van der Waals surface area contributed by atoms with Gasteiger partial charge in [-0.1, -0.05) is 32.9 Å². The normalized spacial score (nSPS) is 12.2. The molecule has 0 saturated carbocycles. The third kappa shape index (κ3) is 4.47. The maximum atomic E-state index is 12.0. The molecule has 1 aromatic rings. The van der Waals surface area contributed by atoms with E-state index >= 15 is 0 Å². The fourth-order valence-electron chi connectivity index (χ4n) is 1.46. The van der Waals surface area contributed by atoms with Crippen molar-refractivity contribution in [1.29, 1.82) is 5.26 Å². The Balaban J connectivity index is 2.98. The first kappa shape index (κ1) is 15.8. The van der Waals surface area contributed by atoms with Crippen molar-refractivity contribution >= 4 is 11.9 Å². The smallest absolute Gasteiger partial charge is 0.387 e. The molecule has 106 valence electrons. The molecule has 0 fully saturated rings. The van der Waals surface area contributed by atoms with E-state index in [2.05, 4.69) is 4.74 Å². The molecule has 0 heterocycles. The van der Waals surface area contributed by atoms with Crippen molar-refractivity contribution in [2.24, 2.45) is 5.41 Å². The molecule has 0 saturated heterocycles. The fraction of sp³-hybridized carbons (Fsp3) is 0.333. The Bertz CT molecular complexity index is 549. The number of halogens is 2. The number of ether oxygens (including phenoxy) is 1. The van der Waals surface area contributed by atoms with E-state index in [1.54, 1.807) is 20.8 Å². The Morgan fingerprint density at radius 1 is 1.30 bits per heavy atom. The summed E-state index contributed by atoms with van der Waals surface area (Å²) in [6.45, 7) is 2.29. The van der Waals surface area contributed by atoms with Gasteiger partial charge in [0.25, 0.3) is 0 Å². The molecule has 0 amide bonds. The monoisotopic (exact) mass is 279 g/mol. The highest BCUT2D eigenvalue weighted by atomic mass is 19.3. The lowest BCUT2D eigenvalue weighted by atomic mass is 9.86. The number of Topliss-reactive ketones (excluding diaryl/α,β-unsaturated/α-hetero) is 1. The zero-order chi connectivity index (χ0) is 15.3. The summed E-state index contributed by atoms with van der Waals surface area (Å²) in [5.41, 5.74) is -0.0545. The Labute approximate surface area is 116 Å². The van der Waals surface area contributed by atoms with Crippen molar-refractivity contribution in [2.75, 3.05) is 0 Å².